The summed E-state index contributed by atoms with van der Waals surface area (Å²) in [6.45, 7) is 0. The van der Waals surface area contributed by atoms with Crippen LogP contribution < -0.4 is 15.4 Å². The van der Waals surface area contributed by atoms with Crippen molar-refractivity contribution in [2.24, 2.45) is 0 Å². The summed E-state index contributed by atoms with van der Waals surface area (Å²) >= 11 is 2.75. The van der Waals surface area contributed by atoms with E-state index < -0.39 is 10.0 Å². The summed E-state index contributed by atoms with van der Waals surface area (Å²) in [6.07, 6.45) is 1.55. The lowest BCUT2D eigenvalue weighted by Crippen LogP contribution is -2.21. The fourth-order valence-corrected chi connectivity index (χ4v) is 5.57. The summed E-state index contributed by atoms with van der Waals surface area (Å²) in [5.41, 5.74) is 2.31. The molecule has 1 atom stereocenters. The van der Waals surface area contributed by atoms with Gasteiger partial charge in [-0.05, 0) is 36.4 Å². The van der Waals surface area contributed by atoms with Gasteiger partial charge in [0.15, 0.2) is 16.4 Å². The number of hydrogen-bond donors (Lipinski definition) is 3. The van der Waals surface area contributed by atoms with Crippen LogP contribution in [0.1, 0.15) is 0 Å². The Morgan fingerprint density at radius 1 is 1.00 bits per heavy atom. The third-order valence-electron chi connectivity index (χ3n) is 4.15. The minimum Gasteiger partial charge on any atom is -0.357 e. The number of benzene rings is 2. The molecule has 1 unspecified atom stereocenters. The maximum atomic E-state index is 12.4. The van der Waals surface area contributed by atoms with Crippen molar-refractivity contribution < 1.29 is 8.42 Å². The number of thiazole rings is 1. The van der Waals surface area contributed by atoms with Gasteiger partial charge in [-0.25, -0.2) is 23.4 Å². The molecule has 0 bridgehead atoms. The molecule has 2 aromatic carbocycles. The van der Waals surface area contributed by atoms with Crippen LogP contribution in [-0.2, 0) is 10.0 Å². The molecule has 1 aliphatic heterocycles. The fraction of sp³-hybridized carbons (Fsp3) is 0.0556. The summed E-state index contributed by atoms with van der Waals surface area (Å²) in [7, 11) is -3.66. The molecule has 2 aromatic heterocycles. The molecule has 146 valence electrons. The van der Waals surface area contributed by atoms with Gasteiger partial charge in [0.25, 0.3) is 10.0 Å². The van der Waals surface area contributed by atoms with E-state index in [9.17, 15) is 8.42 Å². The number of para-hydroxylation sites is 2. The number of anilines is 3. The predicted molar refractivity (Wildman–Crippen MR) is 116 cm³/mol. The lowest BCUT2D eigenvalue weighted by atomic mass is 10.3. The SMILES string of the molecule is O=S(=O)(Nc1nccs1)c1ccc(NC2Nc3nc4ccccc4nc3S2)cc1. The highest BCUT2D eigenvalue weighted by Gasteiger charge is 2.25. The van der Waals surface area contributed by atoms with Crippen LogP contribution in [0.25, 0.3) is 11.0 Å². The number of hydrogen-bond acceptors (Lipinski definition) is 9. The van der Waals surface area contributed by atoms with E-state index in [2.05, 4.69) is 30.3 Å². The van der Waals surface area contributed by atoms with E-state index in [-0.39, 0.29) is 10.4 Å². The average molecular weight is 443 g/mol. The van der Waals surface area contributed by atoms with Gasteiger partial charge in [0, 0.05) is 17.3 Å². The number of sulfonamides is 1. The lowest BCUT2D eigenvalue weighted by Gasteiger charge is -2.14. The van der Waals surface area contributed by atoms with Gasteiger partial charge < -0.3 is 10.6 Å². The Kier molecular flexibility index (Phi) is 4.49. The maximum absolute atomic E-state index is 12.4. The highest BCUT2D eigenvalue weighted by Crippen LogP contribution is 2.37. The first kappa shape index (κ1) is 18.2. The Morgan fingerprint density at radius 2 is 1.76 bits per heavy atom. The quantitative estimate of drug-likeness (QED) is 0.428. The molecule has 1 aliphatic rings. The van der Waals surface area contributed by atoms with Crippen LogP contribution in [0.5, 0.6) is 0 Å². The van der Waals surface area contributed by atoms with Gasteiger partial charge in [-0.15, -0.1) is 11.3 Å². The molecule has 4 aromatic rings. The first-order chi connectivity index (χ1) is 14.1. The van der Waals surface area contributed by atoms with E-state index in [0.717, 1.165) is 27.6 Å². The van der Waals surface area contributed by atoms with Gasteiger partial charge in [-0.3, -0.25) is 4.72 Å². The highest BCUT2D eigenvalue weighted by molar-refractivity contribution is 8.00. The molecule has 0 radical (unpaired) electrons. The Morgan fingerprint density at radius 3 is 2.48 bits per heavy atom. The molecule has 0 saturated heterocycles. The molecule has 0 amide bonds. The average Bonchev–Trinajstić information content (AvgIpc) is 3.35. The van der Waals surface area contributed by atoms with Crippen molar-refractivity contribution in [1.29, 1.82) is 0 Å². The second-order valence-corrected chi connectivity index (χ2v) is 9.79. The molecular formula is C18H14N6O2S3. The van der Waals surface area contributed by atoms with Gasteiger partial charge in [0.1, 0.15) is 5.03 Å². The zero-order valence-electron chi connectivity index (χ0n) is 14.7. The van der Waals surface area contributed by atoms with Crippen molar-refractivity contribution in [2.75, 3.05) is 15.4 Å². The van der Waals surface area contributed by atoms with Crippen molar-refractivity contribution in [2.45, 2.75) is 15.4 Å². The molecule has 5 rings (SSSR count). The van der Waals surface area contributed by atoms with E-state index in [0.29, 0.717) is 5.13 Å². The molecule has 3 N–H and O–H groups in total. The zero-order chi connectivity index (χ0) is 19.8. The van der Waals surface area contributed by atoms with Gasteiger partial charge in [-0.2, -0.15) is 0 Å². The highest BCUT2D eigenvalue weighted by atomic mass is 32.2. The van der Waals surface area contributed by atoms with E-state index in [1.165, 1.54) is 23.1 Å². The molecule has 11 heteroatoms. The summed E-state index contributed by atoms with van der Waals surface area (Å²) in [5, 5.41) is 9.48. The molecule has 8 nitrogen and oxygen atoms in total. The first-order valence-electron chi connectivity index (χ1n) is 8.56. The maximum Gasteiger partial charge on any atom is 0.263 e. The van der Waals surface area contributed by atoms with Gasteiger partial charge in [-0.1, -0.05) is 23.9 Å². The largest absolute Gasteiger partial charge is 0.357 e. The van der Waals surface area contributed by atoms with E-state index >= 15 is 0 Å². The van der Waals surface area contributed by atoms with Crippen LogP contribution in [0.2, 0.25) is 0 Å². The van der Waals surface area contributed by atoms with Crippen molar-refractivity contribution in [3.05, 3.63) is 60.1 Å². The van der Waals surface area contributed by atoms with Crippen LogP contribution in [0.4, 0.5) is 16.6 Å². The fourth-order valence-electron chi connectivity index (χ4n) is 2.82. The number of nitrogens with zero attached hydrogens (tertiary/aromatic N) is 3. The first-order valence-corrected chi connectivity index (χ1v) is 11.8. The molecular weight excluding hydrogens is 428 g/mol. The van der Waals surface area contributed by atoms with Gasteiger partial charge in [0.05, 0.1) is 15.9 Å². The Balaban J connectivity index is 1.29. The van der Waals surface area contributed by atoms with Crippen LogP contribution in [0, 0.1) is 0 Å². The number of rotatable bonds is 5. The van der Waals surface area contributed by atoms with Crippen LogP contribution >= 0.6 is 23.1 Å². The minimum absolute atomic E-state index is 0.155. The van der Waals surface area contributed by atoms with Gasteiger partial charge in [0.2, 0.25) is 0 Å². The standard InChI is InChI=1S/C18H14N6O2S3/c25-29(26,24-17-19-9-10-27-17)12-7-5-11(6-8-12)20-18-23-15-16(28-18)22-14-4-2-1-3-13(14)21-15/h1-10,18,20H,(H,19,24)(H,21,23). The van der Waals surface area contributed by atoms with Gasteiger partial charge >= 0.3 is 0 Å². The topological polar surface area (TPSA) is 109 Å². The smallest absolute Gasteiger partial charge is 0.263 e. The van der Waals surface area contributed by atoms with Crippen LogP contribution in [0.3, 0.4) is 0 Å². The summed E-state index contributed by atoms with van der Waals surface area (Å²) < 4.78 is 27.3. The lowest BCUT2D eigenvalue weighted by molar-refractivity contribution is 0.601. The number of fused-ring (bicyclic) bond motifs is 2. The Labute approximate surface area is 174 Å². The zero-order valence-corrected chi connectivity index (χ0v) is 17.2. The summed E-state index contributed by atoms with van der Waals surface area (Å²) in [4.78, 5) is 13.4. The molecule has 0 aliphatic carbocycles. The summed E-state index contributed by atoms with van der Waals surface area (Å²) in [6, 6.07) is 14.3. The molecule has 0 spiro atoms. The van der Waals surface area contributed by atoms with Crippen LogP contribution in [0.15, 0.2) is 70.0 Å². The second kappa shape index (κ2) is 7.17. The van der Waals surface area contributed by atoms with Crippen molar-refractivity contribution in [1.82, 2.24) is 15.0 Å². The molecule has 0 saturated carbocycles. The van der Waals surface area contributed by atoms with Crippen molar-refractivity contribution >= 4 is 60.8 Å². The minimum atomic E-state index is -3.66. The molecule has 3 heterocycles. The predicted octanol–water partition coefficient (Wildman–Crippen LogP) is 3.80. The number of aromatic nitrogens is 3. The third kappa shape index (κ3) is 3.71. The van der Waals surface area contributed by atoms with E-state index in [4.69, 9.17) is 0 Å². The van der Waals surface area contributed by atoms with E-state index in [1.807, 2.05) is 24.3 Å². The normalized spacial score (nSPS) is 15.7. The second-order valence-electron chi connectivity index (χ2n) is 6.12. The molecule has 29 heavy (non-hydrogen) atoms. The Bertz CT molecular complexity index is 1230. The molecule has 0 fully saturated rings. The monoisotopic (exact) mass is 442 g/mol. The van der Waals surface area contributed by atoms with E-state index in [1.54, 1.807) is 35.8 Å². The van der Waals surface area contributed by atoms with Crippen molar-refractivity contribution in [3.63, 3.8) is 0 Å². The number of nitrogens with one attached hydrogen (secondary N) is 3. The van der Waals surface area contributed by atoms with Crippen LogP contribution in [-0.4, -0.2) is 28.9 Å². The third-order valence-corrected chi connectivity index (χ3v) is 7.30. The Hall–Kier alpha value is -2.89. The number of thioether (sulfide) groups is 1. The van der Waals surface area contributed by atoms with Crippen molar-refractivity contribution in [3.8, 4) is 0 Å². The summed E-state index contributed by atoms with van der Waals surface area (Å²) in [5.74, 6) is 0.734.